The molecule has 1 aromatic heterocycles. The molecule has 0 aliphatic rings. The number of nitrogens with zero attached hydrogens (tertiary/aromatic N) is 2. The molecule has 6 heteroatoms. The molecule has 0 unspecified atom stereocenters. The van der Waals surface area contributed by atoms with Crippen molar-refractivity contribution in [2.75, 3.05) is 5.32 Å². The van der Waals surface area contributed by atoms with Crippen molar-refractivity contribution in [3.05, 3.63) is 47.0 Å². The monoisotopic (exact) mass is 295 g/mol. The zero-order valence-electron chi connectivity index (χ0n) is 11.1. The first kappa shape index (κ1) is 14.5. The fraction of sp³-hybridized carbons (Fsp3) is 0.286. The van der Waals surface area contributed by atoms with Gasteiger partial charge in [0.2, 0.25) is 5.91 Å². The molecule has 4 nitrogen and oxygen atoms in total. The number of hydrogen-bond acceptors (Lipinski definition) is 2. The molecule has 0 fully saturated rings. The van der Waals surface area contributed by atoms with Crippen molar-refractivity contribution in [2.45, 2.75) is 26.3 Å². The predicted molar refractivity (Wildman–Crippen MR) is 76.3 cm³/mol. The molecule has 1 heterocycles. The van der Waals surface area contributed by atoms with Crippen LogP contribution in [0.2, 0.25) is 5.02 Å². The van der Waals surface area contributed by atoms with Gasteiger partial charge in [-0.1, -0.05) is 24.6 Å². The molecular weight excluding hydrogens is 281 g/mol. The molecule has 1 N–H and O–H groups in total. The molecule has 2 aromatic rings. The first-order valence-electron chi connectivity index (χ1n) is 6.34. The number of carbonyl (C=O) groups is 1. The second kappa shape index (κ2) is 6.52. The van der Waals surface area contributed by atoms with Crippen LogP contribution in [0.5, 0.6) is 0 Å². The van der Waals surface area contributed by atoms with Crippen molar-refractivity contribution in [1.29, 1.82) is 0 Å². The maximum Gasteiger partial charge on any atom is 0.224 e. The van der Waals surface area contributed by atoms with E-state index >= 15 is 0 Å². The molecule has 0 atom stereocenters. The lowest BCUT2D eigenvalue weighted by Crippen LogP contribution is -2.09. The smallest absolute Gasteiger partial charge is 0.224 e. The number of rotatable bonds is 5. The molecule has 0 aliphatic carbocycles. The van der Waals surface area contributed by atoms with Gasteiger partial charge in [0.25, 0.3) is 0 Å². The van der Waals surface area contributed by atoms with Gasteiger partial charge in [-0.25, -0.2) is 4.39 Å². The van der Waals surface area contributed by atoms with Gasteiger partial charge in [0.15, 0.2) is 0 Å². The Balaban J connectivity index is 2.04. The molecule has 2 rings (SSSR count). The van der Waals surface area contributed by atoms with Crippen LogP contribution in [0, 0.1) is 5.82 Å². The van der Waals surface area contributed by atoms with E-state index in [0.717, 1.165) is 12.0 Å². The van der Waals surface area contributed by atoms with Crippen molar-refractivity contribution < 1.29 is 9.18 Å². The van der Waals surface area contributed by atoms with Gasteiger partial charge < -0.3 is 5.32 Å². The van der Waals surface area contributed by atoms with E-state index in [2.05, 4.69) is 10.4 Å². The summed E-state index contributed by atoms with van der Waals surface area (Å²) in [6.45, 7) is 2.36. The highest BCUT2D eigenvalue weighted by Gasteiger charge is 2.06. The van der Waals surface area contributed by atoms with Crippen LogP contribution in [0.25, 0.3) is 0 Å². The number of amides is 1. The van der Waals surface area contributed by atoms with E-state index in [4.69, 9.17) is 11.6 Å². The third-order valence-corrected chi connectivity index (χ3v) is 3.09. The third kappa shape index (κ3) is 3.81. The van der Waals surface area contributed by atoms with E-state index < -0.39 is 0 Å². The summed E-state index contributed by atoms with van der Waals surface area (Å²) in [5.41, 5.74) is 1.41. The summed E-state index contributed by atoms with van der Waals surface area (Å²) in [4.78, 5) is 11.5. The molecule has 0 saturated heterocycles. The predicted octanol–water partition coefficient (Wildman–Crippen LogP) is 3.46. The molecule has 20 heavy (non-hydrogen) atoms. The van der Waals surface area contributed by atoms with Gasteiger partial charge >= 0.3 is 0 Å². The first-order chi connectivity index (χ1) is 9.58. The molecular formula is C14H15ClFN3O. The molecule has 0 saturated carbocycles. The Kier molecular flexibility index (Phi) is 4.74. The summed E-state index contributed by atoms with van der Waals surface area (Å²) in [5, 5.41) is 7.25. The minimum absolute atomic E-state index is 0.0353. The number of hydrogen-bond donors (Lipinski definition) is 1. The third-order valence-electron chi connectivity index (χ3n) is 2.74. The maximum absolute atomic E-state index is 13.0. The second-order valence-corrected chi connectivity index (χ2v) is 4.87. The average Bonchev–Trinajstić information content (AvgIpc) is 2.80. The summed E-state index contributed by atoms with van der Waals surface area (Å²) in [5.74, 6) is -0.404. The number of halogens is 2. The minimum Gasteiger partial charge on any atom is -0.323 e. The average molecular weight is 296 g/mol. The van der Waals surface area contributed by atoms with Crippen molar-refractivity contribution in [3.8, 4) is 0 Å². The van der Waals surface area contributed by atoms with Gasteiger partial charge in [-0.05, 0) is 24.1 Å². The Labute approximate surface area is 121 Å². The molecule has 1 aromatic carbocycles. The van der Waals surface area contributed by atoms with Gasteiger partial charge in [0.1, 0.15) is 5.82 Å². The topological polar surface area (TPSA) is 46.9 Å². The largest absolute Gasteiger partial charge is 0.323 e. The van der Waals surface area contributed by atoms with Crippen LogP contribution in [-0.2, 0) is 11.3 Å². The van der Waals surface area contributed by atoms with Crippen molar-refractivity contribution in [1.82, 2.24) is 9.78 Å². The highest BCUT2D eigenvalue weighted by Crippen LogP contribution is 2.18. The Bertz CT molecular complexity index is 612. The van der Waals surface area contributed by atoms with Crippen molar-refractivity contribution >= 4 is 23.2 Å². The number of nitrogens with one attached hydrogen (secondary N) is 1. The van der Waals surface area contributed by atoms with Crippen LogP contribution in [-0.4, -0.2) is 15.7 Å². The molecule has 0 bridgehead atoms. The van der Waals surface area contributed by atoms with E-state index in [-0.39, 0.29) is 11.7 Å². The van der Waals surface area contributed by atoms with Gasteiger partial charge in [-0.3, -0.25) is 9.48 Å². The van der Waals surface area contributed by atoms with Crippen LogP contribution in [0.1, 0.15) is 25.3 Å². The Morgan fingerprint density at radius 2 is 2.30 bits per heavy atom. The fourth-order valence-corrected chi connectivity index (χ4v) is 2.02. The normalized spacial score (nSPS) is 10.6. The summed E-state index contributed by atoms with van der Waals surface area (Å²) >= 11 is 5.96. The van der Waals surface area contributed by atoms with Gasteiger partial charge in [0.05, 0.1) is 18.4 Å². The fourth-order valence-electron chi connectivity index (χ4n) is 1.79. The van der Waals surface area contributed by atoms with Crippen molar-refractivity contribution in [2.24, 2.45) is 0 Å². The van der Waals surface area contributed by atoms with E-state index in [9.17, 15) is 9.18 Å². The molecule has 106 valence electrons. The Morgan fingerprint density at radius 3 is 3.00 bits per heavy atom. The van der Waals surface area contributed by atoms with Gasteiger partial charge in [-0.2, -0.15) is 5.10 Å². The molecule has 0 aliphatic heterocycles. The van der Waals surface area contributed by atoms with Gasteiger partial charge in [0, 0.05) is 17.6 Å². The Hall–Kier alpha value is -1.88. The summed E-state index contributed by atoms with van der Waals surface area (Å²) < 4.78 is 14.6. The van der Waals surface area contributed by atoms with E-state index in [0.29, 0.717) is 23.7 Å². The number of carbonyl (C=O) groups excluding carboxylic acids is 1. The number of anilines is 1. The van der Waals surface area contributed by atoms with E-state index in [1.54, 1.807) is 23.1 Å². The van der Waals surface area contributed by atoms with Crippen LogP contribution >= 0.6 is 11.6 Å². The number of aromatic nitrogens is 2. The number of benzene rings is 1. The Morgan fingerprint density at radius 1 is 1.50 bits per heavy atom. The molecule has 0 spiro atoms. The second-order valence-electron chi connectivity index (χ2n) is 4.46. The maximum atomic E-state index is 13.0. The lowest BCUT2D eigenvalue weighted by atomic mass is 10.2. The summed E-state index contributed by atoms with van der Waals surface area (Å²) in [6.07, 6.45) is 4.57. The highest BCUT2D eigenvalue weighted by atomic mass is 35.5. The minimum atomic E-state index is -0.369. The molecule has 1 amide bonds. The van der Waals surface area contributed by atoms with E-state index in [1.807, 2.05) is 6.92 Å². The molecule has 0 radical (unpaired) electrons. The van der Waals surface area contributed by atoms with Crippen LogP contribution in [0.15, 0.2) is 30.6 Å². The zero-order valence-corrected chi connectivity index (χ0v) is 11.8. The SMILES string of the molecule is CCCC(=O)Nc1cnn(Cc2ccc(F)cc2Cl)c1. The summed E-state index contributed by atoms with van der Waals surface area (Å²) in [7, 11) is 0. The first-order valence-corrected chi connectivity index (χ1v) is 6.72. The highest BCUT2D eigenvalue weighted by molar-refractivity contribution is 6.31. The van der Waals surface area contributed by atoms with Crippen LogP contribution in [0.4, 0.5) is 10.1 Å². The van der Waals surface area contributed by atoms with Crippen LogP contribution < -0.4 is 5.32 Å². The lowest BCUT2D eigenvalue weighted by Gasteiger charge is -2.04. The quantitative estimate of drug-likeness (QED) is 0.918. The lowest BCUT2D eigenvalue weighted by molar-refractivity contribution is -0.116. The van der Waals surface area contributed by atoms with Gasteiger partial charge in [-0.15, -0.1) is 0 Å². The van der Waals surface area contributed by atoms with Crippen molar-refractivity contribution in [3.63, 3.8) is 0 Å². The van der Waals surface area contributed by atoms with E-state index in [1.165, 1.54) is 12.1 Å². The summed E-state index contributed by atoms with van der Waals surface area (Å²) in [6, 6.07) is 4.24. The standard InChI is InChI=1S/C14H15ClFN3O/c1-2-3-14(20)18-12-7-17-19(9-12)8-10-4-5-11(16)6-13(10)15/h4-7,9H,2-3,8H2,1H3,(H,18,20). The van der Waals surface area contributed by atoms with Crippen LogP contribution in [0.3, 0.4) is 0 Å². The zero-order chi connectivity index (χ0) is 14.5.